The number of allylic oxidation sites excluding steroid dienone is 5. The van der Waals surface area contributed by atoms with Crippen LogP contribution in [-0.2, 0) is 0 Å². The summed E-state index contributed by atoms with van der Waals surface area (Å²) in [6.07, 6.45) is 18.3. The highest BCUT2D eigenvalue weighted by molar-refractivity contribution is 8.00. The fourth-order valence-electron chi connectivity index (χ4n) is 5.34. The molecule has 0 N–H and O–H groups in total. The van der Waals surface area contributed by atoms with Crippen molar-refractivity contribution < 1.29 is 0 Å². The smallest absolute Gasteiger partial charge is 0.0630 e. The molecule has 4 unspecified atom stereocenters. The van der Waals surface area contributed by atoms with Crippen molar-refractivity contribution in [3.05, 3.63) is 102 Å². The van der Waals surface area contributed by atoms with Crippen molar-refractivity contribution in [1.82, 2.24) is 0 Å². The van der Waals surface area contributed by atoms with Gasteiger partial charge in [-0.2, -0.15) is 0 Å². The molecule has 140 valence electrons. The standard InChI is InChI=1S/C26H19NS2/c1-3-7-21-19(6-1)25-22(11-9-16-13-14-28-26(16)25)27(21)17-10-12-24-20(15-17)18-5-2-4-8-23(18)29-24/h1-15,18-19,21,23H. The van der Waals surface area contributed by atoms with Crippen LogP contribution < -0.4 is 4.90 Å². The van der Waals surface area contributed by atoms with Gasteiger partial charge in [0.2, 0.25) is 0 Å². The third-order valence-electron chi connectivity index (χ3n) is 6.61. The highest BCUT2D eigenvalue weighted by Gasteiger charge is 2.40. The molecule has 2 aliphatic heterocycles. The zero-order valence-corrected chi connectivity index (χ0v) is 17.4. The Labute approximate surface area is 178 Å². The molecule has 0 saturated heterocycles. The van der Waals surface area contributed by atoms with Crippen LogP contribution in [0.2, 0.25) is 0 Å². The monoisotopic (exact) mass is 409 g/mol. The molecule has 3 heteroatoms. The van der Waals surface area contributed by atoms with Gasteiger partial charge in [0, 0.05) is 43.6 Å². The molecule has 0 amide bonds. The molecule has 4 atom stereocenters. The Morgan fingerprint density at radius 3 is 2.62 bits per heavy atom. The summed E-state index contributed by atoms with van der Waals surface area (Å²) in [5, 5.41) is 4.14. The van der Waals surface area contributed by atoms with Crippen LogP contribution >= 0.6 is 23.1 Å². The Morgan fingerprint density at radius 1 is 0.793 bits per heavy atom. The molecule has 1 aromatic heterocycles. The van der Waals surface area contributed by atoms with Crippen molar-refractivity contribution in [2.45, 2.75) is 28.0 Å². The summed E-state index contributed by atoms with van der Waals surface area (Å²) in [6.45, 7) is 0. The minimum Gasteiger partial charge on any atom is -0.333 e. The van der Waals surface area contributed by atoms with Crippen LogP contribution in [0, 0.1) is 0 Å². The number of rotatable bonds is 1. The highest BCUT2D eigenvalue weighted by atomic mass is 32.2. The summed E-state index contributed by atoms with van der Waals surface area (Å²) in [4.78, 5) is 4.00. The molecular formula is C26H19NS2. The summed E-state index contributed by atoms with van der Waals surface area (Å²) < 4.78 is 1.44. The van der Waals surface area contributed by atoms with Gasteiger partial charge in [-0.15, -0.1) is 23.1 Å². The van der Waals surface area contributed by atoms with Crippen molar-refractivity contribution in [2.75, 3.05) is 4.90 Å². The molecule has 0 saturated carbocycles. The molecule has 4 aliphatic rings. The lowest BCUT2D eigenvalue weighted by molar-refractivity contribution is 0.746. The van der Waals surface area contributed by atoms with E-state index in [2.05, 4.69) is 95.3 Å². The summed E-state index contributed by atoms with van der Waals surface area (Å²) in [5.74, 6) is 0.921. The second-order valence-electron chi connectivity index (χ2n) is 8.09. The maximum absolute atomic E-state index is 2.57. The molecule has 2 aliphatic carbocycles. The molecule has 2 aromatic carbocycles. The first-order valence-electron chi connectivity index (χ1n) is 10.2. The van der Waals surface area contributed by atoms with Crippen LogP contribution in [0.3, 0.4) is 0 Å². The lowest BCUT2D eigenvalue weighted by atomic mass is 9.90. The van der Waals surface area contributed by atoms with Gasteiger partial charge in [-0.1, -0.05) is 54.7 Å². The Kier molecular flexibility index (Phi) is 3.38. The van der Waals surface area contributed by atoms with E-state index in [0.717, 1.165) is 0 Å². The topological polar surface area (TPSA) is 3.24 Å². The van der Waals surface area contributed by atoms with Crippen molar-refractivity contribution in [3.8, 4) is 0 Å². The van der Waals surface area contributed by atoms with Gasteiger partial charge in [-0.05, 0) is 46.7 Å². The van der Waals surface area contributed by atoms with E-state index in [1.807, 2.05) is 23.1 Å². The number of hydrogen-bond donors (Lipinski definition) is 0. The zero-order chi connectivity index (χ0) is 18.9. The largest absolute Gasteiger partial charge is 0.333 e. The molecule has 1 nitrogen and oxygen atoms in total. The molecule has 3 heterocycles. The first-order chi connectivity index (χ1) is 14.4. The van der Waals surface area contributed by atoms with Gasteiger partial charge in [-0.3, -0.25) is 0 Å². The predicted octanol–water partition coefficient (Wildman–Crippen LogP) is 7.32. The van der Waals surface area contributed by atoms with Crippen molar-refractivity contribution in [1.29, 1.82) is 0 Å². The van der Waals surface area contributed by atoms with Crippen LogP contribution in [0.15, 0.2) is 95.3 Å². The third kappa shape index (κ3) is 2.23. The Balaban J connectivity index is 1.41. The van der Waals surface area contributed by atoms with Gasteiger partial charge in [0.1, 0.15) is 0 Å². The normalized spacial score (nSPS) is 27.9. The molecule has 0 fully saturated rings. The molecular weight excluding hydrogens is 390 g/mol. The summed E-state index contributed by atoms with van der Waals surface area (Å²) in [7, 11) is 0. The molecule has 0 bridgehead atoms. The van der Waals surface area contributed by atoms with Crippen molar-refractivity contribution in [3.63, 3.8) is 0 Å². The molecule has 0 radical (unpaired) electrons. The Hall–Kier alpha value is -2.49. The van der Waals surface area contributed by atoms with E-state index in [4.69, 9.17) is 0 Å². The van der Waals surface area contributed by atoms with E-state index >= 15 is 0 Å². The van der Waals surface area contributed by atoms with Crippen LogP contribution in [0.4, 0.5) is 11.4 Å². The zero-order valence-electron chi connectivity index (χ0n) is 15.7. The predicted molar refractivity (Wildman–Crippen MR) is 126 cm³/mol. The highest BCUT2D eigenvalue weighted by Crippen LogP contribution is 2.54. The van der Waals surface area contributed by atoms with Crippen LogP contribution in [0.5, 0.6) is 0 Å². The Morgan fingerprint density at radius 2 is 1.66 bits per heavy atom. The maximum atomic E-state index is 2.57. The number of nitrogens with zero attached hydrogens (tertiary/aromatic N) is 1. The van der Waals surface area contributed by atoms with Gasteiger partial charge < -0.3 is 4.90 Å². The van der Waals surface area contributed by atoms with E-state index in [9.17, 15) is 0 Å². The second-order valence-corrected chi connectivity index (χ2v) is 10.2. The summed E-state index contributed by atoms with van der Waals surface area (Å²) in [6, 6.07) is 14.3. The van der Waals surface area contributed by atoms with Gasteiger partial charge in [0.05, 0.1) is 6.04 Å². The van der Waals surface area contributed by atoms with E-state index in [-0.39, 0.29) is 0 Å². The fraction of sp³-hybridized carbons (Fsp3) is 0.154. The molecule has 29 heavy (non-hydrogen) atoms. The third-order valence-corrected chi connectivity index (χ3v) is 8.92. The SMILES string of the molecule is C1=CC2Sc3ccc(N4c5ccc6ccsc6c5C5C=CC=CC54)cc3C2C=C1. The van der Waals surface area contributed by atoms with Gasteiger partial charge >= 0.3 is 0 Å². The number of benzene rings is 2. The number of thiophene rings is 1. The first kappa shape index (κ1) is 16.3. The van der Waals surface area contributed by atoms with Crippen molar-refractivity contribution in [2.24, 2.45) is 0 Å². The number of anilines is 2. The van der Waals surface area contributed by atoms with Crippen LogP contribution in [0.25, 0.3) is 10.1 Å². The van der Waals surface area contributed by atoms with Gasteiger partial charge in [0.25, 0.3) is 0 Å². The number of hydrogen-bond acceptors (Lipinski definition) is 3. The first-order valence-corrected chi connectivity index (χ1v) is 11.9. The van der Waals surface area contributed by atoms with Crippen molar-refractivity contribution >= 4 is 44.6 Å². The van der Waals surface area contributed by atoms with Crippen LogP contribution in [0.1, 0.15) is 23.0 Å². The lowest BCUT2D eigenvalue weighted by Crippen LogP contribution is -2.28. The second kappa shape index (κ2) is 6.01. The average Bonchev–Trinajstić information content (AvgIpc) is 3.46. The number of fused-ring (bicyclic) bond motifs is 8. The maximum Gasteiger partial charge on any atom is 0.0630 e. The molecule has 7 rings (SSSR count). The number of thioether (sulfide) groups is 1. The minimum atomic E-state index is 0.354. The Bertz CT molecular complexity index is 1280. The summed E-state index contributed by atoms with van der Waals surface area (Å²) >= 11 is 3.88. The van der Waals surface area contributed by atoms with Crippen LogP contribution in [-0.4, -0.2) is 11.3 Å². The van der Waals surface area contributed by atoms with E-state index in [0.29, 0.717) is 23.1 Å². The molecule has 0 spiro atoms. The summed E-state index contributed by atoms with van der Waals surface area (Å²) in [5.41, 5.74) is 5.66. The van der Waals surface area contributed by atoms with E-state index < -0.39 is 0 Å². The average molecular weight is 410 g/mol. The van der Waals surface area contributed by atoms with E-state index in [1.54, 1.807) is 0 Å². The van der Waals surface area contributed by atoms with Gasteiger partial charge in [0.15, 0.2) is 0 Å². The lowest BCUT2D eigenvalue weighted by Gasteiger charge is -2.29. The van der Waals surface area contributed by atoms with E-state index in [1.165, 1.54) is 37.5 Å². The minimum absolute atomic E-state index is 0.354. The fourth-order valence-corrected chi connectivity index (χ4v) is 7.65. The quantitative estimate of drug-likeness (QED) is 0.414. The molecule has 3 aromatic rings. The van der Waals surface area contributed by atoms with Gasteiger partial charge in [-0.25, -0.2) is 0 Å².